The van der Waals surface area contributed by atoms with E-state index in [0.717, 1.165) is 48.1 Å². The second-order valence-corrected chi connectivity index (χ2v) is 10.6. The van der Waals surface area contributed by atoms with Crippen molar-refractivity contribution in [2.45, 2.75) is 63.3 Å². The highest BCUT2D eigenvalue weighted by Gasteiger charge is 2.34. The molecule has 2 saturated heterocycles. The van der Waals surface area contributed by atoms with E-state index in [2.05, 4.69) is 22.6 Å². The molecule has 2 aliphatic heterocycles. The molecule has 2 fully saturated rings. The normalized spacial score (nSPS) is 19.5. The van der Waals surface area contributed by atoms with Gasteiger partial charge in [0.1, 0.15) is 6.10 Å². The molecule has 0 saturated carbocycles. The summed E-state index contributed by atoms with van der Waals surface area (Å²) in [5.74, 6) is 4.31. The van der Waals surface area contributed by atoms with Crippen molar-refractivity contribution in [3.63, 3.8) is 0 Å². The van der Waals surface area contributed by atoms with Gasteiger partial charge in [-0.1, -0.05) is 24.0 Å². The number of methoxy groups -OCH3 is 1. The molecule has 4 rings (SSSR count). The largest absolute Gasteiger partial charge is 0.382 e. The lowest BCUT2D eigenvalue weighted by molar-refractivity contribution is -0.202. The van der Waals surface area contributed by atoms with Crippen LogP contribution in [0.25, 0.3) is 0 Å². The Labute approximate surface area is 258 Å². The highest BCUT2D eigenvalue weighted by molar-refractivity contribution is 6.08. The van der Waals surface area contributed by atoms with Gasteiger partial charge >= 0.3 is 0 Å². The number of ether oxygens (including phenoxy) is 4. The topological polar surface area (TPSA) is 125 Å². The molecule has 11 heteroatoms. The van der Waals surface area contributed by atoms with Crippen LogP contribution in [0.3, 0.4) is 0 Å². The number of amides is 3. The van der Waals surface area contributed by atoms with Crippen LogP contribution >= 0.6 is 0 Å². The van der Waals surface area contributed by atoms with E-state index in [1.54, 1.807) is 31.4 Å². The summed E-state index contributed by atoms with van der Waals surface area (Å²) in [7, 11) is 4.43. The lowest BCUT2D eigenvalue weighted by Gasteiger charge is -2.27. The maximum Gasteiger partial charge on any atom is 0.276 e. The summed E-state index contributed by atoms with van der Waals surface area (Å²) in [6.45, 7) is 1.67. The molecule has 4 atom stereocenters. The van der Waals surface area contributed by atoms with Crippen molar-refractivity contribution < 1.29 is 38.2 Å². The number of nitrogens with zero attached hydrogens (tertiary/aromatic N) is 1. The Kier molecular flexibility index (Phi) is 12.7. The van der Waals surface area contributed by atoms with Crippen LogP contribution in [0.15, 0.2) is 48.5 Å². The molecule has 2 aromatic rings. The van der Waals surface area contributed by atoms with Crippen LogP contribution in [0.1, 0.15) is 71.7 Å². The summed E-state index contributed by atoms with van der Waals surface area (Å²) >= 11 is 0. The zero-order chi connectivity index (χ0) is 31.3. The molecule has 2 aromatic carbocycles. The number of hydroxylamine groups is 1. The molecule has 0 bridgehead atoms. The molecule has 3 amide bonds. The number of benzene rings is 2. The molecule has 2 aliphatic rings. The first-order valence-corrected chi connectivity index (χ1v) is 14.9. The average molecular weight is 608 g/mol. The summed E-state index contributed by atoms with van der Waals surface area (Å²) in [6.07, 6.45) is 4.43. The van der Waals surface area contributed by atoms with Crippen LogP contribution in [0.2, 0.25) is 0 Å². The van der Waals surface area contributed by atoms with Gasteiger partial charge in [-0.3, -0.25) is 14.4 Å². The molecule has 0 aliphatic carbocycles. The average Bonchev–Trinajstić information content (AvgIpc) is 3.07. The Balaban J connectivity index is 1.36. The summed E-state index contributed by atoms with van der Waals surface area (Å²) < 4.78 is 22.7. The minimum atomic E-state index is -1.44. The van der Waals surface area contributed by atoms with Gasteiger partial charge < -0.3 is 29.2 Å². The third-order valence-corrected chi connectivity index (χ3v) is 7.42. The molecular weight excluding hydrogens is 566 g/mol. The van der Waals surface area contributed by atoms with Crippen molar-refractivity contribution in [1.29, 1.82) is 0 Å². The van der Waals surface area contributed by atoms with Gasteiger partial charge in [0.25, 0.3) is 17.7 Å². The first kappa shape index (κ1) is 33.1. The van der Waals surface area contributed by atoms with Gasteiger partial charge in [-0.05, 0) is 74.1 Å². The van der Waals surface area contributed by atoms with Crippen molar-refractivity contribution in [3.8, 4) is 11.8 Å². The smallest absolute Gasteiger partial charge is 0.276 e. The van der Waals surface area contributed by atoms with Crippen LogP contribution < -0.4 is 10.8 Å². The van der Waals surface area contributed by atoms with Crippen LogP contribution in [-0.2, 0) is 33.4 Å². The molecule has 236 valence electrons. The molecule has 0 radical (unpaired) electrons. The minimum Gasteiger partial charge on any atom is -0.382 e. The number of likely N-dealkylation sites (N-methyl/N-ethyl adjacent to an activating group) is 2. The van der Waals surface area contributed by atoms with Crippen molar-refractivity contribution in [2.24, 2.45) is 0 Å². The number of hydrogen-bond acceptors (Lipinski definition) is 8. The van der Waals surface area contributed by atoms with E-state index < -0.39 is 30.1 Å². The fourth-order valence-electron chi connectivity index (χ4n) is 4.90. The minimum absolute atomic E-state index is 0.222. The fraction of sp³-hybridized carbons (Fsp3) is 0.485. The van der Waals surface area contributed by atoms with Gasteiger partial charge in [-0.15, -0.1) is 0 Å². The third-order valence-electron chi connectivity index (χ3n) is 7.42. The summed E-state index contributed by atoms with van der Waals surface area (Å²) in [4.78, 5) is 45.0. The van der Waals surface area contributed by atoms with Crippen molar-refractivity contribution in [2.75, 3.05) is 41.0 Å². The fourth-order valence-corrected chi connectivity index (χ4v) is 4.90. The SMILES string of the molecule is CNC(=O)[C@@H](C(=O)NOC1CCCCO1)N(C)C(=O)c1ccc(C#Cc2ccc([C@@H](COC)OC3CCCCO3)cc2)cc1. The van der Waals surface area contributed by atoms with Crippen molar-refractivity contribution in [1.82, 2.24) is 15.7 Å². The predicted molar refractivity (Wildman–Crippen MR) is 161 cm³/mol. The first-order valence-electron chi connectivity index (χ1n) is 14.9. The molecule has 0 spiro atoms. The number of hydrogen-bond donors (Lipinski definition) is 2. The highest BCUT2D eigenvalue weighted by Crippen LogP contribution is 2.24. The standard InChI is InChI=1S/C33H41N3O8/c1-34-31(37)30(32(38)35-44-29-9-5-7-21-42-29)36(2)33(39)26-18-14-24(15-19-26)11-10-23-12-16-25(17-13-23)27(22-40-3)43-28-8-4-6-20-41-28/h12-19,27-30H,4-9,20-22H2,1-3H3,(H,34,37)(H,35,38)/t27-,28?,29?,30+/m1/s1. The number of nitrogens with one attached hydrogen (secondary N) is 2. The van der Waals surface area contributed by atoms with E-state index >= 15 is 0 Å². The van der Waals surface area contributed by atoms with Gasteiger partial charge in [-0.25, -0.2) is 10.3 Å². The van der Waals surface area contributed by atoms with Crippen LogP contribution in [0, 0.1) is 11.8 Å². The summed E-state index contributed by atoms with van der Waals surface area (Å²) in [5, 5.41) is 2.43. The first-order chi connectivity index (χ1) is 21.4. The quantitative estimate of drug-likeness (QED) is 0.227. The van der Waals surface area contributed by atoms with E-state index in [-0.39, 0.29) is 12.4 Å². The number of carbonyl (C=O) groups excluding carboxylic acids is 3. The van der Waals surface area contributed by atoms with Gasteiger partial charge in [0.2, 0.25) is 0 Å². The molecule has 2 N–H and O–H groups in total. The monoisotopic (exact) mass is 607 g/mol. The molecule has 2 heterocycles. The lowest BCUT2D eigenvalue weighted by Crippen LogP contribution is -2.55. The summed E-state index contributed by atoms with van der Waals surface area (Å²) in [5.41, 5.74) is 5.07. The van der Waals surface area contributed by atoms with E-state index in [1.807, 2.05) is 24.3 Å². The zero-order valence-corrected chi connectivity index (χ0v) is 25.5. The highest BCUT2D eigenvalue weighted by atomic mass is 16.8. The van der Waals surface area contributed by atoms with Crippen molar-refractivity contribution >= 4 is 17.7 Å². The van der Waals surface area contributed by atoms with Crippen LogP contribution in [0.4, 0.5) is 0 Å². The Morgan fingerprint density at radius 2 is 1.48 bits per heavy atom. The zero-order valence-electron chi connectivity index (χ0n) is 25.5. The second-order valence-electron chi connectivity index (χ2n) is 10.6. The third kappa shape index (κ3) is 9.35. The Hall–Kier alpha value is -3.79. The molecule has 11 nitrogen and oxygen atoms in total. The van der Waals surface area contributed by atoms with E-state index in [9.17, 15) is 14.4 Å². The van der Waals surface area contributed by atoms with Crippen LogP contribution in [0.5, 0.6) is 0 Å². The van der Waals surface area contributed by atoms with Gasteiger partial charge in [0.05, 0.1) is 6.61 Å². The van der Waals surface area contributed by atoms with Gasteiger partial charge in [0.15, 0.2) is 18.6 Å². The molecule has 0 aromatic heterocycles. The number of rotatable bonds is 11. The Morgan fingerprint density at radius 3 is 2.02 bits per heavy atom. The lowest BCUT2D eigenvalue weighted by atomic mass is 10.1. The van der Waals surface area contributed by atoms with Crippen molar-refractivity contribution in [3.05, 3.63) is 70.8 Å². The Bertz CT molecular complexity index is 1290. The second kappa shape index (κ2) is 16.9. The number of carbonyl (C=O) groups is 3. The maximum atomic E-state index is 13.2. The van der Waals surface area contributed by atoms with E-state index in [4.69, 9.17) is 23.8 Å². The molecular formula is C33H41N3O8. The molecule has 2 unspecified atom stereocenters. The van der Waals surface area contributed by atoms with E-state index in [1.165, 1.54) is 14.1 Å². The van der Waals surface area contributed by atoms with Crippen LogP contribution in [-0.4, -0.2) is 82.3 Å². The molecule has 44 heavy (non-hydrogen) atoms. The summed E-state index contributed by atoms with van der Waals surface area (Å²) in [6, 6.07) is 13.0. The maximum absolute atomic E-state index is 13.2. The van der Waals surface area contributed by atoms with Gasteiger partial charge in [-0.2, -0.15) is 0 Å². The van der Waals surface area contributed by atoms with Gasteiger partial charge in [0, 0.05) is 57.5 Å². The Morgan fingerprint density at radius 1 is 0.886 bits per heavy atom. The van der Waals surface area contributed by atoms with E-state index in [0.29, 0.717) is 37.4 Å². The predicted octanol–water partition coefficient (Wildman–Crippen LogP) is 3.08.